The van der Waals surface area contributed by atoms with Gasteiger partial charge in [-0.25, -0.2) is 0 Å². The number of likely N-dealkylation sites (tertiary alicyclic amines) is 1. The van der Waals surface area contributed by atoms with Gasteiger partial charge in [-0.3, -0.25) is 14.4 Å². The summed E-state index contributed by atoms with van der Waals surface area (Å²) in [5, 5.41) is 10.7. The molecule has 2 amide bonds. The van der Waals surface area contributed by atoms with Gasteiger partial charge in [-0.15, -0.1) is 11.8 Å². The van der Waals surface area contributed by atoms with Crippen molar-refractivity contribution in [3.8, 4) is 0 Å². The maximum absolute atomic E-state index is 14.8. The molecule has 4 aliphatic heterocycles. The molecule has 1 aromatic carbocycles. The number of hydrogen-bond acceptors (Lipinski definition) is 6. The number of esters is 1. The Morgan fingerprint density at radius 1 is 1.02 bits per heavy atom. The highest BCUT2D eigenvalue weighted by atomic mass is 32.2. The molecule has 0 bridgehead atoms. The molecule has 1 aromatic rings. The van der Waals surface area contributed by atoms with Gasteiger partial charge in [0.15, 0.2) is 0 Å². The van der Waals surface area contributed by atoms with Gasteiger partial charge in [0.25, 0.3) is 0 Å². The van der Waals surface area contributed by atoms with Gasteiger partial charge in [0.05, 0.1) is 29.2 Å². The van der Waals surface area contributed by atoms with Crippen LogP contribution in [0.2, 0.25) is 0 Å². The number of cyclic esters (lactones) is 1. The first-order chi connectivity index (χ1) is 18.7. The van der Waals surface area contributed by atoms with Crippen LogP contribution in [0.25, 0.3) is 0 Å². The lowest BCUT2D eigenvalue weighted by atomic mass is 9.74. The first-order valence-electron chi connectivity index (χ1n) is 14.2. The van der Waals surface area contributed by atoms with Gasteiger partial charge in [0.2, 0.25) is 11.8 Å². The van der Waals surface area contributed by atoms with Crippen LogP contribution in [0.4, 0.5) is 0 Å². The summed E-state index contributed by atoms with van der Waals surface area (Å²) in [7, 11) is 0. The molecule has 6 atom stereocenters. The van der Waals surface area contributed by atoms with Gasteiger partial charge in [-0.1, -0.05) is 69.3 Å². The van der Waals surface area contributed by atoms with Gasteiger partial charge >= 0.3 is 5.97 Å². The average molecular weight is 567 g/mol. The molecule has 5 rings (SSSR count). The molecule has 8 heteroatoms. The molecule has 1 spiro atoms. The Balaban J connectivity index is 1.65. The average Bonchev–Trinajstić information content (AvgIpc) is 3.12. The fourth-order valence-corrected chi connectivity index (χ4v) is 9.90. The molecule has 2 saturated heterocycles. The summed E-state index contributed by atoms with van der Waals surface area (Å²) in [4.78, 5) is 46.4. The first kappa shape index (κ1) is 28.9. The van der Waals surface area contributed by atoms with E-state index in [1.807, 2.05) is 66.5 Å². The molecule has 216 valence electrons. The van der Waals surface area contributed by atoms with Crippen molar-refractivity contribution in [2.24, 2.45) is 17.3 Å². The van der Waals surface area contributed by atoms with E-state index >= 15 is 0 Å². The summed E-state index contributed by atoms with van der Waals surface area (Å²) < 4.78 is 3.87. The van der Waals surface area contributed by atoms with Gasteiger partial charge in [-0.05, 0) is 50.7 Å². The Bertz CT molecular complexity index is 1240. The molecular formula is C32H42N2O5S. The van der Waals surface area contributed by atoms with E-state index in [2.05, 4.69) is 34.6 Å². The van der Waals surface area contributed by atoms with E-state index in [0.29, 0.717) is 13.0 Å². The van der Waals surface area contributed by atoms with Crippen molar-refractivity contribution in [1.82, 2.24) is 9.80 Å². The third-order valence-electron chi connectivity index (χ3n) is 8.86. The number of nitrogens with zero attached hydrogens (tertiary/aromatic N) is 2. The van der Waals surface area contributed by atoms with Crippen LogP contribution in [-0.4, -0.2) is 79.6 Å². The minimum Gasteiger partial charge on any atom is -0.461 e. The number of aliphatic hydroxyl groups is 1. The zero-order valence-electron chi connectivity index (χ0n) is 24.4. The Hall–Kier alpha value is -2.58. The van der Waals surface area contributed by atoms with Crippen LogP contribution < -0.4 is 0 Å². The molecule has 0 saturated carbocycles. The van der Waals surface area contributed by atoms with E-state index in [9.17, 15) is 19.5 Å². The Kier molecular flexibility index (Phi) is 7.27. The van der Waals surface area contributed by atoms with E-state index in [-0.39, 0.29) is 30.4 Å². The highest BCUT2D eigenvalue weighted by molar-refractivity contribution is 8.02. The summed E-state index contributed by atoms with van der Waals surface area (Å²) in [5.74, 6) is -2.32. The van der Waals surface area contributed by atoms with Crippen molar-refractivity contribution in [3.05, 3.63) is 60.2 Å². The lowest BCUT2D eigenvalue weighted by Crippen LogP contribution is -2.61. The van der Waals surface area contributed by atoms with Gasteiger partial charge in [-0.2, -0.15) is 0 Å². The number of carbonyl (C=O) groups is 3. The fraction of sp³-hybridized carbons (Fsp3) is 0.594. The largest absolute Gasteiger partial charge is 0.461 e. The molecule has 1 unspecified atom stereocenters. The van der Waals surface area contributed by atoms with E-state index in [0.717, 1.165) is 12.0 Å². The summed E-state index contributed by atoms with van der Waals surface area (Å²) in [6, 6.07) is 8.23. The molecule has 0 aromatic heterocycles. The summed E-state index contributed by atoms with van der Waals surface area (Å²) >= 11 is 1.53. The molecular weight excluding hydrogens is 524 g/mol. The van der Waals surface area contributed by atoms with Gasteiger partial charge in [0, 0.05) is 16.8 Å². The second-order valence-corrected chi connectivity index (χ2v) is 15.5. The molecule has 2 fully saturated rings. The number of carbonyl (C=O) groups excluding carboxylic acids is 3. The van der Waals surface area contributed by atoms with Crippen molar-refractivity contribution in [2.75, 3.05) is 19.8 Å². The maximum Gasteiger partial charge on any atom is 0.311 e. The monoisotopic (exact) mass is 566 g/mol. The molecule has 4 aliphatic rings. The molecule has 40 heavy (non-hydrogen) atoms. The van der Waals surface area contributed by atoms with Crippen LogP contribution in [0.15, 0.2) is 54.6 Å². The lowest BCUT2D eigenvalue weighted by molar-refractivity contribution is -0.153. The molecule has 1 N–H and O–H groups in total. The van der Waals surface area contributed by atoms with Crippen LogP contribution in [0.3, 0.4) is 0 Å². The Morgan fingerprint density at radius 3 is 2.38 bits per heavy atom. The Morgan fingerprint density at radius 2 is 1.73 bits per heavy atom. The van der Waals surface area contributed by atoms with Crippen LogP contribution in [0.1, 0.15) is 53.5 Å². The molecule has 4 heterocycles. The quantitative estimate of drug-likeness (QED) is 0.414. The van der Waals surface area contributed by atoms with Crippen LogP contribution in [0.5, 0.6) is 0 Å². The van der Waals surface area contributed by atoms with Crippen molar-refractivity contribution >= 4 is 29.5 Å². The van der Waals surface area contributed by atoms with Crippen LogP contribution in [0, 0.1) is 17.3 Å². The van der Waals surface area contributed by atoms with E-state index in [1.165, 1.54) is 11.8 Å². The van der Waals surface area contributed by atoms with Gasteiger partial charge in [0.1, 0.15) is 12.6 Å². The highest BCUT2D eigenvalue weighted by Gasteiger charge is 2.75. The highest BCUT2D eigenvalue weighted by Crippen LogP contribution is 2.66. The lowest BCUT2D eigenvalue weighted by Gasteiger charge is -2.45. The summed E-state index contributed by atoms with van der Waals surface area (Å²) in [5.41, 5.74) is 0.461. The number of amides is 2. The third-order valence-corrected chi connectivity index (χ3v) is 10.7. The summed E-state index contributed by atoms with van der Waals surface area (Å²) in [6.07, 6.45) is 9.02. The molecule has 7 nitrogen and oxygen atoms in total. The fourth-order valence-electron chi connectivity index (χ4n) is 7.76. The number of thioether (sulfide) groups is 1. The van der Waals surface area contributed by atoms with Gasteiger partial charge < -0.3 is 19.6 Å². The zero-order valence-corrected chi connectivity index (χ0v) is 25.2. The maximum atomic E-state index is 14.8. The van der Waals surface area contributed by atoms with E-state index in [4.69, 9.17) is 4.74 Å². The number of benzene rings is 1. The third kappa shape index (κ3) is 4.71. The molecule has 0 radical (unpaired) electrons. The second kappa shape index (κ2) is 10.1. The number of aliphatic hydroxyl groups excluding tert-OH is 1. The normalized spacial score (nSPS) is 32.8. The topological polar surface area (TPSA) is 87.2 Å². The first-order valence-corrected chi connectivity index (χ1v) is 15.1. The predicted molar refractivity (Wildman–Crippen MR) is 156 cm³/mol. The number of hydrogen-bond donors (Lipinski definition) is 1. The SMILES string of the molecule is CC(C)(C)CC(C)(C)N1CC=C[C@]23S[C@]4(C)C=CCOC(=O)[C@@H]4[C@H]2C(=O)N([C@@H](CO)Cc2ccccc2)C3C1=O. The predicted octanol–water partition coefficient (Wildman–Crippen LogP) is 4.00. The number of rotatable bonds is 6. The van der Waals surface area contributed by atoms with Crippen LogP contribution >= 0.6 is 11.8 Å². The minimum atomic E-state index is -0.967. The van der Waals surface area contributed by atoms with Crippen molar-refractivity contribution in [2.45, 2.75) is 81.5 Å². The standard InChI is InChI=1S/C32H42N2O5S/c1-29(2,3)20-30(4,5)33-16-10-15-32-23(24-28(38)39-17-11-14-31(24,6)40-32)26(36)34(25(32)27(33)37)22(19-35)18-21-12-8-7-9-13-21/h7-15,22-25,35H,16-20H2,1-6H3/t22-,23+,24+,25?,31-,32+/m1/s1. The van der Waals surface area contributed by atoms with Crippen LogP contribution in [-0.2, 0) is 25.5 Å². The van der Waals surface area contributed by atoms with E-state index < -0.39 is 44.9 Å². The number of ether oxygens (including phenoxy) is 1. The minimum absolute atomic E-state index is 0.0243. The smallest absolute Gasteiger partial charge is 0.311 e. The van der Waals surface area contributed by atoms with Crippen molar-refractivity contribution in [3.63, 3.8) is 0 Å². The summed E-state index contributed by atoms with van der Waals surface area (Å²) in [6.45, 7) is 12.9. The van der Waals surface area contributed by atoms with Crippen molar-refractivity contribution in [1.29, 1.82) is 0 Å². The second-order valence-electron chi connectivity index (χ2n) is 13.7. The zero-order chi connectivity index (χ0) is 29.1. The van der Waals surface area contributed by atoms with E-state index in [1.54, 1.807) is 4.90 Å². The van der Waals surface area contributed by atoms with Crippen molar-refractivity contribution < 1.29 is 24.2 Å². The Labute approximate surface area is 242 Å². The number of fused-ring (bicyclic) bond motifs is 2. The molecule has 0 aliphatic carbocycles.